The molecule has 3 nitrogen and oxygen atoms in total. The van der Waals surface area contributed by atoms with Gasteiger partial charge in [-0.05, 0) is 19.8 Å². The molecular formula is C11H16N2OS. The van der Waals surface area contributed by atoms with Crippen LogP contribution in [0.25, 0.3) is 0 Å². The van der Waals surface area contributed by atoms with Crippen LogP contribution in [0.15, 0.2) is 0 Å². The normalized spacial score (nSPS) is 15.6. The van der Waals surface area contributed by atoms with Crippen LogP contribution in [0.2, 0.25) is 0 Å². The van der Waals surface area contributed by atoms with Gasteiger partial charge in [0.2, 0.25) is 0 Å². The van der Waals surface area contributed by atoms with Crippen molar-refractivity contribution in [2.75, 3.05) is 6.54 Å². The number of thiazole rings is 1. The van der Waals surface area contributed by atoms with Crippen LogP contribution in [0.1, 0.15) is 40.1 Å². The van der Waals surface area contributed by atoms with E-state index in [1.54, 1.807) is 6.92 Å². The Kier molecular flexibility index (Phi) is 3.17. The molecule has 0 unspecified atom stereocenters. The number of hydrogen-bond donors (Lipinski definition) is 1. The molecule has 82 valence electrons. The summed E-state index contributed by atoms with van der Waals surface area (Å²) in [4.78, 5) is 16.4. The largest absolute Gasteiger partial charge is 0.314 e. The summed E-state index contributed by atoms with van der Waals surface area (Å²) in [5.41, 5.74) is 0.883. The standard InChI is InChI=1S/C11H16N2OS/c1-7-11(8(2)14)15-10(13-7)5-6-12-9-3-4-9/h9,12H,3-6H2,1-2H3. The van der Waals surface area contributed by atoms with Gasteiger partial charge in [-0.2, -0.15) is 0 Å². The van der Waals surface area contributed by atoms with Crippen LogP contribution < -0.4 is 5.32 Å². The zero-order valence-electron chi connectivity index (χ0n) is 9.17. The van der Waals surface area contributed by atoms with E-state index in [1.807, 2.05) is 6.92 Å². The van der Waals surface area contributed by atoms with Gasteiger partial charge in [0.05, 0.1) is 15.6 Å². The van der Waals surface area contributed by atoms with E-state index in [9.17, 15) is 4.79 Å². The molecule has 1 aliphatic carbocycles. The highest BCUT2D eigenvalue weighted by Gasteiger charge is 2.20. The van der Waals surface area contributed by atoms with E-state index in [0.717, 1.165) is 34.6 Å². The maximum atomic E-state index is 11.2. The molecule has 0 amide bonds. The molecule has 1 aliphatic rings. The molecular weight excluding hydrogens is 208 g/mol. The molecule has 0 radical (unpaired) electrons. The Balaban J connectivity index is 1.89. The Morgan fingerprint density at radius 1 is 1.60 bits per heavy atom. The van der Waals surface area contributed by atoms with Gasteiger partial charge in [-0.3, -0.25) is 4.79 Å². The molecule has 0 bridgehead atoms. The van der Waals surface area contributed by atoms with Gasteiger partial charge < -0.3 is 5.32 Å². The predicted octanol–water partition coefficient (Wildman–Crippen LogP) is 1.95. The third-order valence-corrected chi connectivity index (χ3v) is 3.83. The molecule has 0 atom stereocenters. The highest BCUT2D eigenvalue weighted by molar-refractivity contribution is 7.13. The summed E-state index contributed by atoms with van der Waals surface area (Å²) in [6.07, 6.45) is 3.57. The van der Waals surface area contributed by atoms with E-state index in [0.29, 0.717) is 0 Å². The minimum Gasteiger partial charge on any atom is -0.314 e. The van der Waals surface area contributed by atoms with Gasteiger partial charge in [-0.25, -0.2) is 4.98 Å². The van der Waals surface area contributed by atoms with Gasteiger partial charge >= 0.3 is 0 Å². The molecule has 2 rings (SSSR count). The number of carbonyl (C=O) groups is 1. The Hall–Kier alpha value is -0.740. The first-order chi connectivity index (χ1) is 7.16. The molecule has 4 heteroatoms. The van der Waals surface area contributed by atoms with Gasteiger partial charge in [-0.1, -0.05) is 0 Å². The molecule has 1 aromatic rings. The Morgan fingerprint density at radius 3 is 2.87 bits per heavy atom. The third-order valence-electron chi connectivity index (χ3n) is 2.51. The summed E-state index contributed by atoms with van der Waals surface area (Å²) in [6.45, 7) is 4.49. The summed E-state index contributed by atoms with van der Waals surface area (Å²) < 4.78 is 0. The van der Waals surface area contributed by atoms with Crippen LogP contribution in [0.5, 0.6) is 0 Å². The average Bonchev–Trinajstić information content (AvgIpc) is 2.90. The second-order valence-electron chi connectivity index (χ2n) is 4.06. The molecule has 1 fully saturated rings. The van der Waals surface area contributed by atoms with Gasteiger partial charge in [0.1, 0.15) is 0 Å². The van der Waals surface area contributed by atoms with Crippen molar-refractivity contribution in [3.8, 4) is 0 Å². The van der Waals surface area contributed by atoms with Crippen LogP contribution in [0.4, 0.5) is 0 Å². The van der Waals surface area contributed by atoms with Crippen LogP contribution in [-0.2, 0) is 6.42 Å². The number of nitrogens with zero attached hydrogens (tertiary/aromatic N) is 1. The first-order valence-electron chi connectivity index (χ1n) is 5.37. The van der Waals surface area contributed by atoms with Crippen molar-refractivity contribution in [3.63, 3.8) is 0 Å². The van der Waals surface area contributed by atoms with Gasteiger partial charge in [-0.15, -0.1) is 11.3 Å². The summed E-state index contributed by atoms with van der Waals surface area (Å²) in [5.74, 6) is 0.131. The lowest BCUT2D eigenvalue weighted by Gasteiger charge is -1.98. The molecule has 1 saturated carbocycles. The maximum absolute atomic E-state index is 11.2. The topological polar surface area (TPSA) is 42.0 Å². The zero-order valence-corrected chi connectivity index (χ0v) is 9.99. The number of Topliss-reactive ketones (excluding diaryl/α,β-unsaturated/α-hetero) is 1. The van der Waals surface area contributed by atoms with E-state index >= 15 is 0 Å². The highest BCUT2D eigenvalue weighted by Crippen LogP contribution is 2.20. The SMILES string of the molecule is CC(=O)c1sc(CCNC2CC2)nc1C. The monoisotopic (exact) mass is 224 g/mol. The Labute approximate surface area is 93.9 Å². The van der Waals surface area contributed by atoms with Gasteiger partial charge in [0.25, 0.3) is 0 Å². The quantitative estimate of drug-likeness (QED) is 0.777. The van der Waals surface area contributed by atoms with Crippen molar-refractivity contribution in [2.24, 2.45) is 0 Å². The first-order valence-corrected chi connectivity index (χ1v) is 6.19. The van der Waals surface area contributed by atoms with Crippen LogP contribution >= 0.6 is 11.3 Å². The van der Waals surface area contributed by atoms with Crippen molar-refractivity contribution >= 4 is 17.1 Å². The minimum absolute atomic E-state index is 0.131. The molecule has 1 N–H and O–H groups in total. The molecule has 0 saturated heterocycles. The number of nitrogens with one attached hydrogen (secondary N) is 1. The first kappa shape index (κ1) is 10.8. The second-order valence-corrected chi connectivity index (χ2v) is 5.14. The van der Waals surface area contributed by atoms with Crippen molar-refractivity contribution in [2.45, 2.75) is 39.2 Å². The second kappa shape index (κ2) is 4.41. The molecule has 15 heavy (non-hydrogen) atoms. The van der Waals surface area contributed by atoms with Crippen LogP contribution in [0, 0.1) is 6.92 Å². The maximum Gasteiger partial charge on any atom is 0.171 e. The smallest absolute Gasteiger partial charge is 0.171 e. The van der Waals surface area contributed by atoms with E-state index in [-0.39, 0.29) is 5.78 Å². The summed E-state index contributed by atoms with van der Waals surface area (Å²) in [6, 6.07) is 0.748. The number of ketones is 1. The average molecular weight is 224 g/mol. The number of aromatic nitrogens is 1. The molecule has 0 aliphatic heterocycles. The lowest BCUT2D eigenvalue weighted by Crippen LogP contribution is -2.19. The fourth-order valence-corrected chi connectivity index (χ4v) is 2.52. The zero-order chi connectivity index (χ0) is 10.8. The fraction of sp³-hybridized carbons (Fsp3) is 0.636. The minimum atomic E-state index is 0.131. The van der Waals surface area contributed by atoms with Crippen molar-refractivity contribution < 1.29 is 4.79 Å². The van der Waals surface area contributed by atoms with E-state index < -0.39 is 0 Å². The Morgan fingerprint density at radius 2 is 2.33 bits per heavy atom. The van der Waals surface area contributed by atoms with E-state index in [1.165, 1.54) is 24.2 Å². The predicted molar refractivity (Wildman–Crippen MR) is 61.6 cm³/mol. The lowest BCUT2D eigenvalue weighted by molar-refractivity contribution is 0.102. The fourth-order valence-electron chi connectivity index (χ4n) is 1.56. The lowest BCUT2D eigenvalue weighted by atomic mass is 10.3. The summed E-state index contributed by atoms with van der Waals surface area (Å²) in [5, 5.41) is 4.52. The molecule has 0 aromatic carbocycles. The van der Waals surface area contributed by atoms with Crippen molar-refractivity contribution in [1.29, 1.82) is 0 Å². The third kappa shape index (κ3) is 2.86. The van der Waals surface area contributed by atoms with E-state index in [2.05, 4.69) is 10.3 Å². The van der Waals surface area contributed by atoms with Crippen molar-refractivity contribution in [1.82, 2.24) is 10.3 Å². The summed E-state index contributed by atoms with van der Waals surface area (Å²) in [7, 11) is 0. The molecule has 0 spiro atoms. The van der Waals surface area contributed by atoms with Gasteiger partial charge in [0.15, 0.2) is 5.78 Å². The number of hydrogen-bond acceptors (Lipinski definition) is 4. The van der Waals surface area contributed by atoms with Crippen molar-refractivity contribution in [3.05, 3.63) is 15.6 Å². The number of carbonyl (C=O) groups excluding carboxylic acids is 1. The summed E-state index contributed by atoms with van der Waals surface area (Å²) >= 11 is 1.54. The Bertz CT molecular complexity index is 369. The molecule has 1 heterocycles. The molecule has 1 aromatic heterocycles. The number of rotatable bonds is 5. The van der Waals surface area contributed by atoms with Crippen LogP contribution in [0.3, 0.4) is 0 Å². The van der Waals surface area contributed by atoms with Gasteiger partial charge in [0, 0.05) is 25.9 Å². The highest BCUT2D eigenvalue weighted by atomic mass is 32.1. The van der Waals surface area contributed by atoms with Crippen LogP contribution in [-0.4, -0.2) is 23.4 Å². The van der Waals surface area contributed by atoms with E-state index in [4.69, 9.17) is 0 Å². The number of aryl methyl sites for hydroxylation is 1.